The molecule has 2 atom stereocenters. The summed E-state index contributed by atoms with van der Waals surface area (Å²) < 4.78 is 26.8. The minimum Gasteiger partial charge on any atom is -0.329 e. The molecule has 1 fully saturated rings. The van der Waals surface area contributed by atoms with Crippen LogP contribution in [0.2, 0.25) is 0 Å². The van der Waals surface area contributed by atoms with Crippen molar-refractivity contribution >= 4 is 15.7 Å². The summed E-state index contributed by atoms with van der Waals surface area (Å²) in [6, 6.07) is 4.75. The number of nitro benzene ring substituents is 1. The van der Waals surface area contributed by atoms with Crippen LogP contribution >= 0.6 is 0 Å². The molecule has 1 saturated heterocycles. The van der Waals surface area contributed by atoms with Crippen molar-refractivity contribution in [3.05, 3.63) is 34.4 Å². The van der Waals surface area contributed by atoms with Gasteiger partial charge in [-0.15, -0.1) is 0 Å². The maximum absolute atomic E-state index is 12.7. The predicted molar refractivity (Wildman–Crippen MR) is 78.2 cm³/mol. The first-order valence-corrected chi connectivity index (χ1v) is 8.28. The molecular weight excluding hydrogens is 294 g/mol. The Labute approximate surface area is 123 Å². The number of nitrogens with zero attached hydrogens (tertiary/aromatic N) is 2. The van der Waals surface area contributed by atoms with Gasteiger partial charge in [0.15, 0.2) is 0 Å². The number of rotatable bonds is 4. The Balaban J connectivity index is 2.34. The molecule has 0 bridgehead atoms. The lowest BCUT2D eigenvalue weighted by Crippen LogP contribution is -2.51. The molecule has 0 amide bonds. The number of sulfonamides is 1. The van der Waals surface area contributed by atoms with Crippen LogP contribution in [0.3, 0.4) is 0 Å². The highest BCUT2D eigenvalue weighted by molar-refractivity contribution is 7.89. The Morgan fingerprint density at radius 2 is 2.00 bits per heavy atom. The summed E-state index contributed by atoms with van der Waals surface area (Å²) in [5.74, 6) is 0.205. The van der Waals surface area contributed by atoms with Gasteiger partial charge in [-0.05, 0) is 30.9 Å². The van der Waals surface area contributed by atoms with E-state index in [1.54, 1.807) is 0 Å². The fraction of sp³-hybridized carbons (Fsp3) is 0.538. The van der Waals surface area contributed by atoms with E-state index in [0.717, 1.165) is 12.8 Å². The molecule has 0 aliphatic carbocycles. The topological polar surface area (TPSA) is 107 Å². The monoisotopic (exact) mass is 313 g/mol. The van der Waals surface area contributed by atoms with Gasteiger partial charge in [0.05, 0.1) is 9.82 Å². The van der Waals surface area contributed by atoms with E-state index in [4.69, 9.17) is 5.73 Å². The summed E-state index contributed by atoms with van der Waals surface area (Å²) in [7, 11) is -3.67. The van der Waals surface area contributed by atoms with E-state index in [-0.39, 0.29) is 29.1 Å². The smallest absolute Gasteiger partial charge is 0.269 e. The fourth-order valence-corrected chi connectivity index (χ4v) is 4.51. The Hall–Kier alpha value is -1.51. The standard InChI is InChI=1S/C13H19N3O4S/c1-10-3-2-8-15(13(10)9-14)21(19,20)12-6-4-11(5-7-12)16(17)18/h4-7,10,13H,2-3,8-9,14H2,1H3/t10-,13+/m1/s1. The highest BCUT2D eigenvalue weighted by atomic mass is 32.2. The molecular formula is C13H19N3O4S. The van der Waals surface area contributed by atoms with Crippen molar-refractivity contribution in [2.45, 2.75) is 30.7 Å². The summed E-state index contributed by atoms with van der Waals surface area (Å²) in [5.41, 5.74) is 5.60. The summed E-state index contributed by atoms with van der Waals surface area (Å²) in [6.45, 7) is 2.70. The lowest BCUT2D eigenvalue weighted by atomic mass is 9.93. The molecule has 2 rings (SSSR count). The van der Waals surface area contributed by atoms with Gasteiger partial charge in [-0.2, -0.15) is 4.31 Å². The van der Waals surface area contributed by atoms with Gasteiger partial charge in [-0.25, -0.2) is 8.42 Å². The molecule has 116 valence electrons. The number of nitrogens with two attached hydrogens (primary N) is 1. The zero-order valence-corrected chi connectivity index (χ0v) is 12.6. The number of benzene rings is 1. The van der Waals surface area contributed by atoms with Crippen molar-refractivity contribution in [2.24, 2.45) is 11.7 Å². The second kappa shape index (κ2) is 6.08. The minimum atomic E-state index is -3.67. The average Bonchev–Trinajstić information content (AvgIpc) is 2.47. The molecule has 0 unspecified atom stereocenters. The van der Waals surface area contributed by atoms with Crippen LogP contribution in [0.25, 0.3) is 0 Å². The maximum Gasteiger partial charge on any atom is 0.269 e. The van der Waals surface area contributed by atoms with E-state index in [1.807, 2.05) is 6.92 Å². The van der Waals surface area contributed by atoms with E-state index in [0.29, 0.717) is 6.54 Å². The Kier molecular flexibility index (Phi) is 4.60. The second-order valence-electron chi connectivity index (χ2n) is 5.29. The zero-order valence-electron chi connectivity index (χ0n) is 11.8. The molecule has 21 heavy (non-hydrogen) atoms. The van der Waals surface area contributed by atoms with Crippen molar-refractivity contribution in [3.8, 4) is 0 Å². The van der Waals surface area contributed by atoms with Gasteiger partial charge >= 0.3 is 0 Å². The van der Waals surface area contributed by atoms with Crippen LogP contribution in [-0.2, 0) is 10.0 Å². The number of hydrogen-bond donors (Lipinski definition) is 1. The second-order valence-corrected chi connectivity index (χ2v) is 7.18. The zero-order chi connectivity index (χ0) is 15.6. The third-order valence-electron chi connectivity index (χ3n) is 3.96. The lowest BCUT2D eigenvalue weighted by molar-refractivity contribution is -0.384. The van der Waals surface area contributed by atoms with E-state index >= 15 is 0 Å². The Bertz CT molecular complexity index is 615. The van der Waals surface area contributed by atoms with Gasteiger partial charge < -0.3 is 5.73 Å². The van der Waals surface area contributed by atoms with E-state index in [9.17, 15) is 18.5 Å². The summed E-state index contributed by atoms with van der Waals surface area (Å²) >= 11 is 0. The Morgan fingerprint density at radius 1 is 1.38 bits per heavy atom. The molecule has 0 aromatic heterocycles. The molecule has 1 aromatic rings. The maximum atomic E-state index is 12.7. The fourth-order valence-electron chi connectivity index (χ4n) is 2.73. The first-order valence-electron chi connectivity index (χ1n) is 6.84. The molecule has 0 spiro atoms. The largest absolute Gasteiger partial charge is 0.329 e. The van der Waals surface area contributed by atoms with Gasteiger partial charge in [0.1, 0.15) is 0 Å². The molecule has 1 heterocycles. The molecule has 7 nitrogen and oxygen atoms in total. The van der Waals surface area contributed by atoms with Crippen molar-refractivity contribution in [1.29, 1.82) is 0 Å². The van der Waals surface area contributed by atoms with Crippen molar-refractivity contribution in [2.75, 3.05) is 13.1 Å². The van der Waals surface area contributed by atoms with Crippen LogP contribution in [0.5, 0.6) is 0 Å². The highest BCUT2D eigenvalue weighted by Crippen LogP contribution is 2.29. The molecule has 0 saturated carbocycles. The van der Waals surface area contributed by atoms with Crippen LogP contribution < -0.4 is 5.73 Å². The normalized spacial score (nSPS) is 23.9. The van der Waals surface area contributed by atoms with E-state index in [2.05, 4.69) is 0 Å². The predicted octanol–water partition coefficient (Wildman–Crippen LogP) is 1.34. The number of piperidine rings is 1. The first-order chi connectivity index (χ1) is 9.87. The van der Waals surface area contributed by atoms with Crippen LogP contribution in [-0.4, -0.2) is 36.8 Å². The highest BCUT2D eigenvalue weighted by Gasteiger charge is 2.36. The molecule has 1 aliphatic rings. The first kappa shape index (κ1) is 15.9. The van der Waals surface area contributed by atoms with Gasteiger partial charge in [0.25, 0.3) is 5.69 Å². The SMILES string of the molecule is C[C@@H]1CCCN(S(=O)(=O)c2ccc([N+](=O)[O-])cc2)[C@H]1CN. The molecule has 1 aromatic carbocycles. The van der Waals surface area contributed by atoms with Gasteiger partial charge in [-0.3, -0.25) is 10.1 Å². The van der Waals surface area contributed by atoms with E-state index in [1.165, 1.54) is 28.6 Å². The number of non-ortho nitro benzene ring substituents is 1. The average molecular weight is 313 g/mol. The lowest BCUT2D eigenvalue weighted by Gasteiger charge is -2.38. The van der Waals surface area contributed by atoms with Crippen LogP contribution in [0, 0.1) is 16.0 Å². The quantitative estimate of drug-likeness (QED) is 0.667. The van der Waals surface area contributed by atoms with Crippen LogP contribution in [0.4, 0.5) is 5.69 Å². The molecule has 1 aliphatic heterocycles. The number of nitro groups is 1. The summed E-state index contributed by atoms with van der Waals surface area (Å²) in [5, 5.41) is 10.6. The third kappa shape index (κ3) is 3.07. The van der Waals surface area contributed by atoms with Gasteiger partial charge in [-0.1, -0.05) is 6.92 Å². The molecule has 0 radical (unpaired) electrons. The minimum absolute atomic E-state index is 0.0700. The summed E-state index contributed by atoms with van der Waals surface area (Å²) in [4.78, 5) is 10.2. The van der Waals surface area contributed by atoms with Crippen molar-refractivity contribution in [1.82, 2.24) is 4.31 Å². The molecule has 8 heteroatoms. The van der Waals surface area contributed by atoms with Crippen LogP contribution in [0.15, 0.2) is 29.2 Å². The van der Waals surface area contributed by atoms with Crippen molar-refractivity contribution in [3.63, 3.8) is 0 Å². The summed E-state index contributed by atoms with van der Waals surface area (Å²) in [6.07, 6.45) is 1.75. The van der Waals surface area contributed by atoms with Crippen LogP contribution in [0.1, 0.15) is 19.8 Å². The van der Waals surface area contributed by atoms with Gasteiger partial charge in [0.2, 0.25) is 10.0 Å². The third-order valence-corrected chi connectivity index (χ3v) is 5.90. The molecule has 2 N–H and O–H groups in total. The van der Waals surface area contributed by atoms with Crippen molar-refractivity contribution < 1.29 is 13.3 Å². The Morgan fingerprint density at radius 3 is 2.52 bits per heavy atom. The van der Waals surface area contributed by atoms with Gasteiger partial charge in [0, 0.05) is 31.3 Å². The van der Waals surface area contributed by atoms with E-state index < -0.39 is 14.9 Å². The number of hydrogen-bond acceptors (Lipinski definition) is 5.